The molecule has 11 heavy (non-hydrogen) atoms. The van der Waals surface area contributed by atoms with Crippen molar-refractivity contribution in [2.45, 2.75) is 13.8 Å². The second-order valence-corrected chi connectivity index (χ2v) is 2.93. The summed E-state index contributed by atoms with van der Waals surface area (Å²) >= 11 is 0. The van der Waals surface area contributed by atoms with E-state index in [0.29, 0.717) is 5.92 Å². The first-order valence-electron chi connectivity index (χ1n) is 3.93. The minimum absolute atomic E-state index is 0.597. The SMILES string of the molecule is C=C/C=C\C1=CC(C)C=C1C. The summed E-state index contributed by atoms with van der Waals surface area (Å²) in [6.45, 7) is 7.97. The van der Waals surface area contributed by atoms with E-state index in [1.165, 1.54) is 11.1 Å². The van der Waals surface area contributed by atoms with Crippen molar-refractivity contribution in [2.75, 3.05) is 0 Å². The molecule has 0 spiro atoms. The third-order valence-corrected chi connectivity index (χ3v) is 1.82. The standard InChI is InChI=1S/C11H14/c1-4-5-6-11-8-9(2)7-10(11)3/h4-9H,1H2,2-3H3/b6-5-. The van der Waals surface area contributed by atoms with E-state index in [1.54, 1.807) is 6.08 Å². The van der Waals surface area contributed by atoms with Crippen molar-refractivity contribution in [1.82, 2.24) is 0 Å². The topological polar surface area (TPSA) is 0 Å². The molecule has 0 aromatic rings. The van der Waals surface area contributed by atoms with Crippen LogP contribution in [0.5, 0.6) is 0 Å². The first kappa shape index (κ1) is 8.06. The maximum absolute atomic E-state index is 3.63. The molecular weight excluding hydrogens is 132 g/mol. The van der Waals surface area contributed by atoms with Crippen molar-refractivity contribution in [3.05, 3.63) is 48.1 Å². The molecule has 0 fully saturated rings. The maximum atomic E-state index is 3.63. The molecule has 1 unspecified atom stereocenters. The van der Waals surface area contributed by atoms with Crippen molar-refractivity contribution in [2.24, 2.45) is 5.92 Å². The van der Waals surface area contributed by atoms with Crippen LogP contribution in [0.4, 0.5) is 0 Å². The molecule has 0 heteroatoms. The molecule has 0 nitrogen and oxygen atoms in total. The number of rotatable bonds is 2. The van der Waals surface area contributed by atoms with Crippen LogP contribution < -0.4 is 0 Å². The van der Waals surface area contributed by atoms with Crippen LogP contribution in [0.15, 0.2) is 48.1 Å². The summed E-state index contributed by atoms with van der Waals surface area (Å²) in [6, 6.07) is 0. The lowest BCUT2D eigenvalue weighted by Gasteiger charge is -1.92. The lowest BCUT2D eigenvalue weighted by Crippen LogP contribution is -1.74. The summed E-state index contributed by atoms with van der Waals surface area (Å²) in [5.74, 6) is 0.597. The van der Waals surface area contributed by atoms with Gasteiger partial charge in [-0.2, -0.15) is 0 Å². The summed E-state index contributed by atoms with van der Waals surface area (Å²) < 4.78 is 0. The van der Waals surface area contributed by atoms with Crippen LogP contribution in [0.3, 0.4) is 0 Å². The van der Waals surface area contributed by atoms with Gasteiger partial charge in [-0.3, -0.25) is 0 Å². The first-order chi connectivity index (χ1) is 5.24. The Kier molecular flexibility index (Phi) is 2.48. The fourth-order valence-electron chi connectivity index (χ4n) is 1.31. The van der Waals surface area contributed by atoms with Gasteiger partial charge in [0, 0.05) is 0 Å². The molecule has 0 N–H and O–H groups in total. The van der Waals surface area contributed by atoms with Gasteiger partial charge in [-0.1, -0.05) is 43.9 Å². The molecule has 1 aliphatic carbocycles. The van der Waals surface area contributed by atoms with Crippen molar-refractivity contribution in [1.29, 1.82) is 0 Å². The Morgan fingerprint density at radius 3 is 2.64 bits per heavy atom. The molecule has 0 bridgehead atoms. The molecule has 0 saturated heterocycles. The highest BCUT2D eigenvalue weighted by molar-refractivity contribution is 5.45. The highest BCUT2D eigenvalue weighted by atomic mass is 14.1. The predicted octanol–water partition coefficient (Wildman–Crippen LogP) is 3.25. The molecule has 0 amide bonds. The number of hydrogen-bond donors (Lipinski definition) is 0. The maximum Gasteiger partial charge on any atom is -0.00669 e. The van der Waals surface area contributed by atoms with E-state index >= 15 is 0 Å². The molecular formula is C11H14. The molecule has 0 radical (unpaired) electrons. The monoisotopic (exact) mass is 146 g/mol. The zero-order valence-corrected chi connectivity index (χ0v) is 7.17. The summed E-state index contributed by atoms with van der Waals surface area (Å²) in [7, 11) is 0. The zero-order valence-electron chi connectivity index (χ0n) is 7.17. The van der Waals surface area contributed by atoms with Crippen LogP contribution >= 0.6 is 0 Å². The number of allylic oxidation sites excluding steroid dienone is 7. The van der Waals surface area contributed by atoms with Crippen molar-refractivity contribution in [3.8, 4) is 0 Å². The average Bonchev–Trinajstić information content (AvgIpc) is 2.26. The van der Waals surface area contributed by atoms with Crippen LogP contribution in [0.2, 0.25) is 0 Å². The predicted molar refractivity (Wildman–Crippen MR) is 50.3 cm³/mol. The lowest BCUT2D eigenvalue weighted by atomic mass is 10.1. The quantitative estimate of drug-likeness (QED) is 0.524. The summed E-state index contributed by atoms with van der Waals surface area (Å²) in [5.41, 5.74) is 2.70. The Hall–Kier alpha value is -1.04. The second kappa shape index (κ2) is 3.38. The van der Waals surface area contributed by atoms with Crippen molar-refractivity contribution >= 4 is 0 Å². The minimum atomic E-state index is 0.597. The molecule has 0 aromatic heterocycles. The highest BCUT2D eigenvalue weighted by Gasteiger charge is 2.06. The van der Waals surface area contributed by atoms with E-state index in [0.717, 1.165) is 0 Å². The molecule has 1 atom stereocenters. The van der Waals surface area contributed by atoms with Crippen molar-refractivity contribution < 1.29 is 0 Å². The Balaban J connectivity index is 2.75. The van der Waals surface area contributed by atoms with E-state index in [1.807, 2.05) is 6.08 Å². The Morgan fingerprint density at radius 2 is 2.18 bits per heavy atom. The molecule has 0 aromatic carbocycles. The van der Waals surface area contributed by atoms with E-state index in [-0.39, 0.29) is 0 Å². The van der Waals surface area contributed by atoms with Crippen LogP contribution in [0.25, 0.3) is 0 Å². The van der Waals surface area contributed by atoms with Gasteiger partial charge in [0.1, 0.15) is 0 Å². The van der Waals surface area contributed by atoms with Gasteiger partial charge >= 0.3 is 0 Å². The van der Waals surface area contributed by atoms with Gasteiger partial charge in [-0.05, 0) is 24.0 Å². The van der Waals surface area contributed by atoms with Crippen LogP contribution in [-0.4, -0.2) is 0 Å². The Bertz CT molecular complexity index is 239. The second-order valence-electron chi connectivity index (χ2n) is 2.93. The van der Waals surface area contributed by atoms with Crippen LogP contribution in [0.1, 0.15) is 13.8 Å². The molecule has 0 aliphatic heterocycles. The van der Waals surface area contributed by atoms with Gasteiger partial charge in [0.15, 0.2) is 0 Å². The molecule has 1 rings (SSSR count). The van der Waals surface area contributed by atoms with Gasteiger partial charge in [-0.25, -0.2) is 0 Å². The summed E-state index contributed by atoms with van der Waals surface area (Å²) in [4.78, 5) is 0. The average molecular weight is 146 g/mol. The van der Waals surface area contributed by atoms with Crippen molar-refractivity contribution in [3.63, 3.8) is 0 Å². The van der Waals surface area contributed by atoms with E-state index in [9.17, 15) is 0 Å². The van der Waals surface area contributed by atoms with E-state index < -0.39 is 0 Å². The zero-order chi connectivity index (χ0) is 8.27. The largest absolute Gasteiger partial charge is 0.0991 e. The molecule has 1 aliphatic rings. The normalized spacial score (nSPS) is 23.6. The van der Waals surface area contributed by atoms with E-state index in [4.69, 9.17) is 0 Å². The van der Waals surface area contributed by atoms with Crippen LogP contribution in [0, 0.1) is 5.92 Å². The van der Waals surface area contributed by atoms with E-state index in [2.05, 4.69) is 38.7 Å². The highest BCUT2D eigenvalue weighted by Crippen LogP contribution is 2.23. The van der Waals surface area contributed by atoms with Gasteiger partial charge in [0.25, 0.3) is 0 Å². The molecule has 0 saturated carbocycles. The third kappa shape index (κ3) is 1.94. The Labute approximate surface area is 68.6 Å². The Morgan fingerprint density at radius 1 is 1.45 bits per heavy atom. The minimum Gasteiger partial charge on any atom is -0.0991 e. The number of hydrogen-bond acceptors (Lipinski definition) is 0. The smallest absolute Gasteiger partial charge is 0.00669 e. The van der Waals surface area contributed by atoms with Gasteiger partial charge in [0.05, 0.1) is 0 Å². The summed E-state index contributed by atoms with van der Waals surface area (Å²) in [5, 5.41) is 0. The van der Waals surface area contributed by atoms with Crippen LogP contribution in [-0.2, 0) is 0 Å². The van der Waals surface area contributed by atoms with Gasteiger partial charge in [-0.15, -0.1) is 0 Å². The van der Waals surface area contributed by atoms with Gasteiger partial charge in [0.2, 0.25) is 0 Å². The first-order valence-corrected chi connectivity index (χ1v) is 3.93. The lowest BCUT2D eigenvalue weighted by molar-refractivity contribution is 0.953. The third-order valence-electron chi connectivity index (χ3n) is 1.82. The summed E-state index contributed by atoms with van der Waals surface area (Å²) in [6.07, 6.45) is 10.4. The molecule has 0 heterocycles. The fourth-order valence-corrected chi connectivity index (χ4v) is 1.31. The van der Waals surface area contributed by atoms with Gasteiger partial charge < -0.3 is 0 Å². The fraction of sp³-hybridized carbons (Fsp3) is 0.273. The molecule has 58 valence electrons.